The summed E-state index contributed by atoms with van der Waals surface area (Å²) in [4.78, 5) is 0. The van der Waals surface area contributed by atoms with Crippen LogP contribution < -0.4 is 10.0 Å². The first-order chi connectivity index (χ1) is 8.48. The topological polar surface area (TPSA) is 76.0 Å². The van der Waals surface area contributed by atoms with Crippen LogP contribution in [0.15, 0.2) is 6.20 Å². The molecule has 0 aliphatic heterocycles. The van der Waals surface area contributed by atoms with Crippen LogP contribution in [0.4, 0.5) is 0 Å². The molecule has 6 nitrogen and oxygen atoms in total. The predicted octanol–water partition coefficient (Wildman–Crippen LogP) is 0.0114. The van der Waals surface area contributed by atoms with Crippen molar-refractivity contribution >= 4 is 10.0 Å². The molecule has 18 heavy (non-hydrogen) atoms. The second-order valence-corrected chi connectivity index (χ2v) is 6.15. The third kappa shape index (κ3) is 4.75. The average Bonchev–Trinajstić information content (AvgIpc) is 2.67. The summed E-state index contributed by atoms with van der Waals surface area (Å²) in [7, 11) is 0.451. The number of rotatable bonds is 8. The molecule has 0 bridgehead atoms. The number of aryl methyl sites for hydroxylation is 2. The zero-order valence-corrected chi connectivity index (χ0v) is 12.0. The zero-order valence-electron chi connectivity index (χ0n) is 11.2. The minimum absolute atomic E-state index is 0.148. The van der Waals surface area contributed by atoms with Crippen LogP contribution in [0.3, 0.4) is 0 Å². The normalized spacial score (nSPS) is 11.9. The van der Waals surface area contributed by atoms with E-state index in [1.54, 1.807) is 4.68 Å². The van der Waals surface area contributed by atoms with Gasteiger partial charge in [0, 0.05) is 25.4 Å². The van der Waals surface area contributed by atoms with Gasteiger partial charge in [-0.25, -0.2) is 13.1 Å². The highest BCUT2D eigenvalue weighted by molar-refractivity contribution is 7.89. The smallest absolute Gasteiger partial charge is 0.211 e. The van der Waals surface area contributed by atoms with Crippen molar-refractivity contribution in [1.82, 2.24) is 19.8 Å². The van der Waals surface area contributed by atoms with Crippen molar-refractivity contribution in [2.24, 2.45) is 7.05 Å². The molecule has 104 valence electrons. The van der Waals surface area contributed by atoms with Crippen LogP contribution >= 0.6 is 0 Å². The Balaban J connectivity index is 2.53. The molecule has 0 saturated heterocycles. The van der Waals surface area contributed by atoms with Gasteiger partial charge >= 0.3 is 0 Å². The molecule has 7 heteroatoms. The van der Waals surface area contributed by atoms with E-state index in [0.29, 0.717) is 19.5 Å². The Labute approximate surface area is 109 Å². The van der Waals surface area contributed by atoms with Crippen molar-refractivity contribution in [3.8, 4) is 0 Å². The molecule has 1 aromatic heterocycles. The number of hydrogen-bond donors (Lipinski definition) is 2. The molecular weight excluding hydrogens is 252 g/mol. The Morgan fingerprint density at radius 1 is 1.44 bits per heavy atom. The van der Waals surface area contributed by atoms with Crippen LogP contribution in [0.2, 0.25) is 0 Å². The average molecular weight is 274 g/mol. The van der Waals surface area contributed by atoms with E-state index in [1.165, 1.54) is 0 Å². The molecule has 0 radical (unpaired) electrons. The molecular formula is C11H22N4O2S. The molecule has 0 unspecified atom stereocenters. The largest absolute Gasteiger partial charge is 0.320 e. The highest BCUT2D eigenvalue weighted by Crippen LogP contribution is 2.07. The van der Waals surface area contributed by atoms with Crippen LogP contribution in [0, 0.1) is 0 Å². The van der Waals surface area contributed by atoms with Crippen LogP contribution in [0.1, 0.15) is 24.6 Å². The summed E-state index contributed by atoms with van der Waals surface area (Å²) in [6.07, 6.45) is 3.27. The van der Waals surface area contributed by atoms with Gasteiger partial charge in [0.05, 0.1) is 11.4 Å². The molecule has 0 amide bonds. The summed E-state index contributed by atoms with van der Waals surface area (Å²) in [5, 5.41) is 7.21. The summed E-state index contributed by atoms with van der Waals surface area (Å²) in [6, 6.07) is 0. The fraction of sp³-hybridized carbons (Fsp3) is 0.727. The van der Waals surface area contributed by atoms with Gasteiger partial charge < -0.3 is 5.32 Å². The Hall–Kier alpha value is -0.920. The molecule has 0 aliphatic carbocycles. The molecule has 1 aromatic rings. The van der Waals surface area contributed by atoms with E-state index in [0.717, 1.165) is 17.7 Å². The second kappa shape index (κ2) is 6.86. The number of nitrogens with zero attached hydrogens (tertiary/aromatic N) is 2. The molecule has 1 rings (SSSR count). The van der Waals surface area contributed by atoms with Gasteiger partial charge in [0.25, 0.3) is 0 Å². The fourth-order valence-corrected chi connectivity index (χ4v) is 2.77. The molecule has 2 N–H and O–H groups in total. The monoisotopic (exact) mass is 274 g/mol. The van der Waals surface area contributed by atoms with Gasteiger partial charge in [0.15, 0.2) is 0 Å². The lowest BCUT2D eigenvalue weighted by atomic mass is 10.2. The summed E-state index contributed by atoms with van der Waals surface area (Å²) < 4.78 is 27.8. The van der Waals surface area contributed by atoms with E-state index in [2.05, 4.69) is 15.1 Å². The van der Waals surface area contributed by atoms with Gasteiger partial charge in [0.2, 0.25) is 10.0 Å². The minimum atomic E-state index is -3.19. The third-order valence-electron chi connectivity index (χ3n) is 2.65. The van der Waals surface area contributed by atoms with E-state index in [1.807, 2.05) is 27.2 Å². The van der Waals surface area contributed by atoms with E-state index in [-0.39, 0.29) is 5.75 Å². The Morgan fingerprint density at radius 2 is 2.17 bits per heavy atom. The molecule has 1 heterocycles. The van der Waals surface area contributed by atoms with Gasteiger partial charge in [-0.15, -0.1) is 0 Å². The Morgan fingerprint density at radius 3 is 2.78 bits per heavy atom. The van der Waals surface area contributed by atoms with E-state index < -0.39 is 10.0 Å². The van der Waals surface area contributed by atoms with E-state index >= 15 is 0 Å². The number of aromatic nitrogens is 2. The number of nitrogens with one attached hydrogen (secondary N) is 2. The lowest BCUT2D eigenvalue weighted by Gasteiger charge is -2.06. The van der Waals surface area contributed by atoms with Crippen molar-refractivity contribution in [1.29, 1.82) is 0 Å². The maximum atomic E-state index is 11.7. The quantitative estimate of drug-likeness (QED) is 0.655. The lowest BCUT2D eigenvalue weighted by Crippen LogP contribution is -2.27. The van der Waals surface area contributed by atoms with Crippen molar-refractivity contribution in [2.45, 2.75) is 26.3 Å². The summed E-state index contributed by atoms with van der Waals surface area (Å²) >= 11 is 0. The Kier molecular flexibility index (Phi) is 5.77. The summed E-state index contributed by atoms with van der Waals surface area (Å²) in [5.41, 5.74) is 1.88. The van der Waals surface area contributed by atoms with Gasteiger partial charge in [0.1, 0.15) is 0 Å². The SMILES string of the molecule is CCc1nn(C)cc1CNS(=O)(=O)CCCNC. The fourth-order valence-electron chi connectivity index (χ4n) is 1.73. The third-order valence-corrected chi connectivity index (χ3v) is 4.06. The van der Waals surface area contributed by atoms with Crippen LogP contribution in [-0.2, 0) is 30.0 Å². The maximum absolute atomic E-state index is 11.7. The molecule has 0 aliphatic rings. The first kappa shape index (κ1) is 15.1. The van der Waals surface area contributed by atoms with Crippen LogP contribution in [0.5, 0.6) is 0 Å². The van der Waals surface area contributed by atoms with Gasteiger partial charge in [-0.05, 0) is 26.4 Å². The maximum Gasteiger partial charge on any atom is 0.211 e. The molecule has 0 fully saturated rings. The van der Waals surface area contributed by atoms with Crippen LogP contribution in [-0.4, -0.2) is 37.5 Å². The van der Waals surface area contributed by atoms with Crippen LogP contribution in [0.25, 0.3) is 0 Å². The summed E-state index contributed by atoms with van der Waals surface area (Å²) in [6.45, 7) is 3.03. The van der Waals surface area contributed by atoms with Gasteiger partial charge in [-0.1, -0.05) is 6.92 Å². The lowest BCUT2D eigenvalue weighted by molar-refractivity contribution is 0.577. The Bertz CT molecular complexity index is 467. The van der Waals surface area contributed by atoms with E-state index in [4.69, 9.17) is 0 Å². The molecule has 0 atom stereocenters. The first-order valence-electron chi connectivity index (χ1n) is 6.12. The van der Waals surface area contributed by atoms with Gasteiger partial charge in [-0.3, -0.25) is 4.68 Å². The standard InChI is InChI=1S/C11H22N4O2S/c1-4-11-10(9-15(3)14-11)8-13-18(16,17)7-5-6-12-2/h9,12-13H,4-8H2,1-3H3. The minimum Gasteiger partial charge on any atom is -0.320 e. The molecule has 0 spiro atoms. The van der Waals surface area contributed by atoms with Crippen molar-refractivity contribution < 1.29 is 8.42 Å². The van der Waals surface area contributed by atoms with Gasteiger partial charge in [-0.2, -0.15) is 5.10 Å². The highest BCUT2D eigenvalue weighted by atomic mass is 32.2. The number of hydrogen-bond acceptors (Lipinski definition) is 4. The highest BCUT2D eigenvalue weighted by Gasteiger charge is 2.12. The first-order valence-corrected chi connectivity index (χ1v) is 7.77. The van der Waals surface area contributed by atoms with Crippen molar-refractivity contribution in [2.75, 3.05) is 19.3 Å². The van der Waals surface area contributed by atoms with Crippen molar-refractivity contribution in [3.63, 3.8) is 0 Å². The van der Waals surface area contributed by atoms with E-state index in [9.17, 15) is 8.42 Å². The zero-order chi connectivity index (χ0) is 13.6. The molecule has 0 aromatic carbocycles. The predicted molar refractivity (Wildman–Crippen MR) is 71.8 cm³/mol. The second-order valence-electron chi connectivity index (χ2n) is 4.23. The van der Waals surface area contributed by atoms with Crippen molar-refractivity contribution in [3.05, 3.63) is 17.5 Å². The summed E-state index contributed by atoms with van der Waals surface area (Å²) in [5.74, 6) is 0.148. The number of sulfonamides is 1. The molecule has 0 saturated carbocycles.